The number of methoxy groups -OCH3 is 1. The minimum absolute atomic E-state index is 0.00802. The van der Waals surface area contributed by atoms with Crippen LogP contribution in [0.4, 0.5) is 8.78 Å². The summed E-state index contributed by atoms with van der Waals surface area (Å²) in [5.74, 6) is 0.0205. The van der Waals surface area contributed by atoms with Crippen LogP contribution in [0.25, 0.3) is 6.08 Å². The number of halogens is 2. The molecule has 0 atom stereocenters. The first-order valence-corrected chi connectivity index (χ1v) is 8.50. The van der Waals surface area contributed by atoms with Gasteiger partial charge in [-0.3, -0.25) is 0 Å². The SMILES string of the molecule is C=CCOc1ccc(/C=C2\N=C(c3ccccc3OC(F)F)OC2=O)cc1OC. The van der Waals surface area contributed by atoms with Crippen molar-refractivity contribution in [3.8, 4) is 17.2 Å². The number of cyclic esters (lactones) is 1. The van der Waals surface area contributed by atoms with E-state index in [1.165, 1.54) is 31.4 Å². The van der Waals surface area contributed by atoms with E-state index in [4.69, 9.17) is 14.2 Å². The van der Waals surface area contributed by atoms with Crippen molar-refractivity contribution >= 4 is 17.9 Å². The van der Waals surface area contributed by atoms with Gasteiger partial charge in [0.05, 0.1) is 12.7 Å². The van der Waals surface area contributed by atoms with Crippen molar-refractivity contribution in [3.63, 3.8) is 0 Å². The number of hydrogen-bond acceptors (Lipinski definition) is 6. The summed E-state index contributed by atoms with van der Waals surface area (Å²) >= 11 is 0. The molecular formula is C21H17F2NO5. The Labute approximate surface area is 165 Å². The fraction of sp³-hybridized carbons (Fsp3) is 0.143. The third-order valence-electron chi connectivity index (χ3n) is 3.80. The van der Waals surface area contributed by atoms with Crippen molar-refractivity contribution < 1.29 is 32.5 Å². The van der Waals surface area contributed by atoms with Gasteiger partial charge < -0.3 is 18.9 Å². The molecule has 0 unspecified atom stereocenters. The summed E-state index contributed by atoms with van der Waals surface area (Å²) < 4.78 is 45.6. The quantitative estimate of drug-likeness (QED) is 0.377. The molecule has 150 valence electrons. The molecule has 0 spiro atoms. The maximum Gasteiger partial charge on any atom is 0.387 e. The zero-order valence-electron chi connectivity index (χ0n) is 15.4. The number of benzene rings is 2. The van der Waals surface area contributed by atoms with E-state index in [9.17, 15) is 13.6 Å². The molecule has 29 heavy (non-hydrogen) atoms. The lowest BCUT2D eigenvalue weighted by molar-refractivity contribution is -0.129. The summed E-state index contributed by atoms with van der Waals surface area (Å²) in [5, 5.41) is 0. The van der Waals surface area contributed by atoms with Gasteiger partial charge in [-0.15, -0.1) is 0 Å². The molecule has 0 saturated heterocycles. The van der Waals surface area contributed by atoms with Crippen LogP contribution in [0.2, 0.25) is 0 Å². The molecule has 1 heterocycles. The van der Waals surface area contributed by atoms with E-state index >= 15 is 0 Å². The van der Waals surface area contributed by atoms with Crippen molar-refractivity contribution in [3.05, 3.63) is 71.9 Å². The number of nitrogens with zero attached hydrogens (tertiary/aromatic N) is 1. The van der Waals surface area contributed by atoms with Gasteiger partial charge in [-0.2, -0.15) is 8.78 Å². The molecule has 0 aliphatic carbocycles. The first-order valence-electron chi connectivity index (χ1n) is 8.50. The van der Waals surface area contributed by atoms with E-state index in [1.807, 2.05) is 0 Å². The number of ether oxygens (including phenoxy) is 4. The molecule has 1 aliphatic rings. The standard InChI is InChI=1S/C21H17F2NO5/c1-3-10-27-17-9-8-13(12-18(17)26-2)11-15-20(25)29-19(24-15)14-6-4-5-7-16(14)28-21(22)23/h3-9,11-12,21H,1,10H2,2H3/b15-11-. The lowest BCUT2D eigenvalue weighted by Gasteiger charge is -2.09. The number of esters is 1. The van der Waals surface area contributed by atoms with E-state index in [0.29, 0.717) is 23.7 Å². The van der Waals surface area contributed by atoms with Gasteiger partial charge in [0, 0.05) is 0 Å². The Kier molecular flexibility index (Phi) is 6.23. The normalized spacial score (nSPS) is 14.6. The number of para-hydroxylation sites is 1. The molecule has 3 rings (SSSR count). The van der Waals surface area contributed by atoms with Crippen LogP contribution in [0, 0.1) is 0 Å². The Morgan fingerprint density at radius 2 is 1.97 bits per heavy atom. The second kappa shape index (κ2) is 9.01. The summed E-state index contributed by atoms with van der Waals surface area (Å²) in [7, 11) is 1.49. The summed E-state index contributed by atoms with van der Waals surface area (Å²) in [6.45, 7) is 0.888. The third kappa shape index (κ3) is 4.78. The molecule has 0 saturated carbocycles. The second-order valence-electron chi connectivity index (χ2n) is 5.72. The highest BCUT2D eigenvalue weighted by atomic mass is 19.3. The van der Waals surface area contributed by atoms with Crippen LogP contribution in [0.3, 0.4) is 0 Å². The zero-order chi connectivity index (χ0) is 20.8. The van der Waals surface area contributed by atoms with Gasteiger partial charge >= 0.3 is 12.6 Å². The van der Waals surface area contributed by atoms with Crippen LogP contribution < -0.4 is 14.2 Å². The van der Waals surface area contributed by atoms with Crippen molar-refractivity contribution in [2.24, 2.45) is 4.99 Å². The third-order valence-corrected chi connectivity index (χ3v) is 3.80. The molecule has 0 radical (unpaired) electrons. The van der Waals surface area contributed by atoms with Crippen molar-refractivity contribution in [1.29, 1.82) is 0 Å². The molecule has 0 N–H and O–H groups in total. The predicted octanol–water partition coefficient (Wildman–Crippen LogP) is 4.21. The van der Waals surface area contributed by atoms with E-state index in [-0.39, 0.29) is 22.9 Å². The Balaban J connectivity index is 1.90. The average Bonchev–Trinajstić information content (AvgIpc) is 3.07. The minimum Gasteiger partial charge on any atom is -0.493 e. The molecule has 8 heteroatoms. The Hall–Kier alpha value is -3.68. The van der Waals surface area contributed by atoms with Crippen molar-refractivity contribution in [2.45, 2.75) is 6.61 Å². The van der Waals surface area contributed by atoms with Crippen molar-refractivity contribution in [2.75, 3.05) is 13.7 Å². The second-order valence-corrected chi connectivity index (χ2v) is 5.72. The first-order chi connectivity index (χ1) is 14.0. The van der Waals surface area contributed by atoms with Crippen molar-refractivity contribution in [1.82, 2.24) is 0 Å². The van der Waals surface area contributed by atoms with Gasteiger partial charge in [-0.1, -0.05) is 30.9 Å². The molecular weight excluding hydrogens is 384 g/mol. The van der Waals surface area contributed by atoms with E-state index < -0.39 is 12.6 Å². The monoisotopic (exact) mass is 401 g/mol. The smallest absolute Gasteiger partial charge is 0.387 e. The average molecular weight is 401 g/mol. The van der Waals surface area contributed by atoms with Crippen LogP contribution >= 0.6 is 0 Å². The molecule has 0 amide bonds. The number of hydrogen-bond donors (Lipinski definition) is 0. The molecule has 2 aromatic rings. The minimum atomic E-state index is -3.02. The zero-order valence-corrected chi connectivity index (χ0v) is 15.4. The van der Waals surface area contributed by atoms with Gasteiger partial charge in [0.1, 0.15) is 12.4 Å². The molecule has 0 fully saturated rings. The Morgan fingerprint density at radius 3 is 2.69 bits per heavy atom. The fourth-order valence-electron chi connectivity index (χ4n) is 2.57. The van der Waals surface area contributed by atoms with Crippen LogP contribution in [0.1, 0.15) is 11.1 Å². The molecule has 1 aliphatic heterocycles. The lowest BCUT2D eigenvalue weighted by Crippen LogP contribution is -2.10. The van der Waals surface area contributed by atoms with Gasteiger partial charge in [0.25, 0.3) is 0 Å². The fourth-order valence-corrected chi connectivity index (χ4v) is 2.57. The lowest BCUT2D eigenvalue weighted by atomic mass is 10.1. The molecule has 2 aromatic carbocycles. The van der Waals surface area contributed by atoms with Crippen LogP contribution in [-0.4, -0.2) is 32.2 Å². The maximum atomic E-state index is 12.6. The number of aliphatic imine (C=N–C) groups is 1. The number of carbonyl (C=O) groups excluding carboxylic acids is 1. The number of carbonyl (C=O) groups is 1. The molecule has 0 aromatic heterocycles. The molecule has 6 nitrogen and oxygen atoms in total. The summed E-state index contributed by atoms with van der Waals surface area (Å²) in [4.78, 5) is 16.3. The first kappa shape index (κ1) is 20.1. The highest BCUT2D eigenvalue weighted by Gasteiger charge is 2.27. The maximum absolute atomic E-state index is 12.6. The highest BCUT2D eigenvalue weighted by Crippen LogP contribution is 2.30. The van der Waals surface area contributed by atoms with Gasteiger partial charge in [0.15, 0.2) is 17.2 Å². The van der Waals surface area contributed by atoms with Gasteiger partial charge in [0.2, 0.25) is 5.90 Å². The summed E-state index contributed by atoms with van der Waals surface area (Å²) in [5.41, 5.74) is 0.769. The summed E-state index contributed by atoms with van der Waals surface area (Å²) in [6, 6.07) is 11.0. The van der Waals surface area contributed by atoms with E-state index in [1.54, 1.807) is 30.3 Å². The van der Waals surface area contributed by atoms with Gasteiger partial charge in [-0.25, -0.2) is 9.79 Å². The Morgan fingerprint density at radius 1 is 1.17 bits per heavy atom. The molecule has 0 bridgehead atoms. The number of alkyl halides is 2. The number of rotatable bonds is 8. The van der Waals surface area contributed by atoms with E-state index in [0.717, 1.165) is 0 Å². The Bertz CT molecular complexity index is 985. The van der Waals surface area contributed by atoms with Crippen LogP contribution in [0.15, 0.2) is 65.8 Å². The highest BCUT2D eigenvalue weighted by molar-refractivity contribution is 6.13. The largest absolute Gasteiger partial charge is 0.493 e. The van der Waals surface area contributed by atoms with Gasteiger partial charge in [-0.05, 0) is 35.9 Å². The van der Waals surface area contributed by atoms with Crippen LogP contribution in [0.5, 0.6) is 17.2 Å². The topological polar surface area (TPSA) is 66.3 Å². The van der Waals surface area contributed by atoms with Crippen LogP contribution in [-0.2, 0) is 9.53 Å². The summed E-state index contributed by atoms with van der Waals surface area (Å²) in [6.07, 6.45) is 3.10. The van der Waals surface area contributed by atoms with E-state index in [2.05, 4.69) is 16.3 Å². The predicted molar refractivity (Wildman–Crippen MR) is 102 cm³/mol.